The molecule has 0 heterocycles. The summed E-state index contributed by atoms with van der Waals surface area (Å²) in [5.41, 5.74) is 0.814. The fourth-order valence-electron chi connectivity index (χ4n) is 0.859. The highest BCUT2D eigenvalue weighted by Crippen LogP contribution is 2.04. The van der Waals surface area contributed by atoms with Crippen LogP contribution >= 0.6 is 0 Å². The predicted octanol–water partition coefficient (Wildman–Crippen LogP) is 1.45. The second-order valence-corrected chi connectivity index (χ2v) is 2.82. The molecule has 0 amide bonds. The van der Waals surface area contributed by atoms with Crippen LogP contribution in [0.15, 0.2) is 11.6 Å². The molecule has 4 nitrogen and oxygen atoms in total. The molecule has 0 aliphatic heterocycles. The monoisotopic (exact) mass is 200 g/mol. The van der Waals surface area contributed by atoms with Gasteiger partial charge in [0.15, 0.2) is 0 Å². The van der Waals surface area contributed by atoms with E-state index in [0.29, 0.717) is 13.0 Å². The zero-order valence-electron chi connectivity index (χ0n) is 8.83. The van der Waals surface area contributed by atoms with Crippen LogP contribution in [-0.4, -0.2) is 25.7 Å². The van der Waals surface area contributed by atoms with Crippen molar-refractivity contribution in [3.8, 4) is 0 Å². The topological polar surface area (TPSA) is 52.6 Å². The summed E-state index contributed by atoms with van der Waals surface area (Å²) in [6, 6.07) is 0. The van der Waals surface area contributed by atoms with Crippen LogP contribution < -0.4 is 0 Å². The molecule has 80 valence electrons. The Balaban J connectivity index is 3.88. The molecule has 0 fully saturated rings. The first-order valence-electron chi connectivity index (χ1n) is 4.50. The van der Waals surface area contributed by atoms with Crippen LogP contribution in [0.4, 0.5) is 0 Å². The van der Waals surface area contributed by atoms with Crippen LogP contribution in [0, 0.1) is 0 Å². The summed E-state index contributed by atoms with van der Waals surface area (Å²) in [5, 5.41) is 0. The molecule has 0 bridgehead atoms. The van der Waals surface area contributed by atoms with E-state index in [9.17, 15) is 9.59 Å². The first kappa shape index (κ1) is 12.7. The number of rotatable bonds is 5. The summed E-state index contributed by atoms with van der Waals surface area (Å²) < 4.78 is 9.18. The van der Waals surface area contributed by atoms with Crippen LogP contribution in [0.1, 0.15) is 26.7 Å². The quantitative estimate of drug-likeness (QED) is 0.498. The molecule has 0 saturated carbocycles. The standard InChI is InChI=1S/C10H16O4/c1-4-14-10(12)7-8(2)5-6-9(11)13-3/h7H,4-6H2,1-3H3/b8-7+. The highest BCUT2D eigenvalue weighted by Gasteiger charge is 2.02. The molecule has 14 heavy (non-hydrogen) atoms. The fraction of sp³-hybridized carbons (Fsp3) is 0.600. The minimum absolute atomic E-state index is 0.276. The maximum atomic E-state index is 11.0. The molecule has 0 N–H and O–H groups in total. The Kier molecular flexibility index (Phi) is 6.45. The summed E-state index contributed by atoms with van der Waals surface area (Å²) in [4.78, 5) is 21.7. The number of carbonyl (C=O) groups is 2. The van der Waals surface area contributed by atoms with Gasteiger partial charge in [-0.2, -0.15) is 0 Å². The number of hydrogen-bond donors (Lipinski definition) is 0. The van der Waals surface area contributed by atoms with Crippen molar-refractivity contribution in [2.75, 3.05) is 13.7 Å². The van der Waals surface area contributed by atoms with Crippen molar-refractivity contribution < 1.29 is 19.1 Å². The van der Waals surface area contributed by atoms with Gasteiger partial charge in [-0.25, -0.2) is 4.79 Å². The third-order valence-electron chi connectivity index (χ3n) is 1.60. The normalized spacial score (nSPS) is 10.9. The van der Waals surface area contributed by atoms with E-state index in [1.54, 1.807) is 13.8 Å². The van der Waals surface area contributed by atoms with Crippen molar-refractivity contribution in [2.45, 2.75) is 26.7 Å². The van der Waals surface area contributed by atoms with Crippen LogP contribution in [0.2, 0.25) is 0 Å². The van der Waals surface area contributed by atoms with E-state index in [0.717, 1.165) is 5.57 Å². The van der Waals surface area contributed by atoms with Gasteiger partial charge in [-0.15, -0.1) is 0 Å². The molecule has 0 aromatic rings. The maximum absolute atomic E-state index is 11.0. The number of carbonyl (C=O) groups excluding carboxylic acids is 2. The van der Waals surface area contributed by atoms with E-state index in [2.05, 4.69) is 4.74 Å². The van der Waals surface area contributed by atoms with Crippen molar-refractivity contribution in [3.05, 3.63) is 11.6 Å². The van der Waals surface area contributed by atoms with Gasteiger partial charge in [-0.3, -0.25) is 4.79 Å². The van der Waals surface area contributed by atoms with Gasteiger partial charge in [-0.05, 0) is 20.3 Å². The van der Waals surface area contributed by atoms with Gasteiger partial charge < -0.3 is 9.47 Å². The molecule has 0 rings (SSSR count). The Hall–Kier alpha value is -1.32. The molecule has 0 saturated heterocycles. The SMILES string of the molecule is CCOC(=O)/C=C(\C)CCC(=O)OC. The third kappa shape index (κ3) is 6.22. The Bertz CT molecular complexity index is 230. The van der Waals surface area contributed by atoms with Crippen molar-refractivity contribution in [3.63, 3.8) is 0 Å². The lowest BCUT2D eigenvalue weighted by Gasteiger charge is -2.00. The molecule has 0 aliphatic rings. The van der Waals surface area contributed by atoms with E-state index >= 15 is 0 Å². The van der Waals surface area contributed by atoms with Crippen LogP contribution in [0.3, 0.4) is 0 Å². The van der Waals surface area contributed by atoms with E-state index in [1.807, 2.05) is 0 Å². The molecule has 0 aromatic carbocycles. The lowest BCUT2D eigenvalue weighted by molar-refractivity contribution is -0.141. The zero-order chi connectivity index (χ0) is 11.0. The lowest BCUT2D eigenvalue weighted by Crippen LogP contribution is -2.02. The highest BCUT2D eigenvalue weighted by molar-refractivity contribution is 5.82. The Morgan fingerprint density at radius 2 is 1.93 bits per heavy atom. The second-order valence-electron chi connectivity index (χ2n) is 2.82. The van der Waals surface area contributed by atoms with Gasteiger partial charge in [0.2, 0.25) is 0 Å². The molecular formula is C10H16O4. The van der Waals surface area contributed by atoms with Gasteiger partial charge >= 0.3 is 11.9 Å². The minimum atomic E-state index is -0.366. The zero-order valence-corrected chi connectivity index (χ0v) is 8.83. The van der Waals surface area contributed by atoms with Crippen LogP contribution in [0.5, 0.6) is 0 Å². The smallest absolute Gasteiger partial charge is 0.330 e. The molecule has 0 atom stereocenters. The van der Waals surface area contributed by atoms with Crippen molar-refractivity contribution in [1.82, 2.24) is 0 Å². The second kappa shape index (κ2) is 7.12. The lowest BCUT2D eigenvalue weighted by atomic mass is 10.1. The molecule has 4 heteroatoms. The molecule has 0 radical (unpaired) electrons. The number of allylic oxidation sites excluding steroid dienone is 1. The van der Waals surface area contributed by atoms with Gasteiger partial charge in [0.05, 0.1) is 13.7 Å². The number of hydrogen-bond acceptors (Lipinski definition) is 4. The van der Waals surface area contributed by atoms with Crippen molar-refractivity contribution in [2.24, 2.45) is 0 Å². The predicted molar refractivity (Wildman–Crippen MR) is 51.6 cm³/mol. The average Bonchev–Trinajstić information content (AvgIpc) is 2.14. The van der Waals surface area contributed by atoms with Gasteiger partial charge in [0, 0.05) is 12.5 Å². The van der Waals surface area contributed by atoms with E-state index < -0.39 is 0 Å². The van der Waals surface area contributed by atoms with E-state index in [4.69, 9.17) is 4.74 Å². The van der Waals surface area contributed by atoms with Gasteiger partial charge in [0.1, 0.15) is 0 Å². The highest BCUT2D eigenvalue weighted by atomic mass is 16.5. The largest absolute Gasteiger partial charge is 0.469 e. The van der Waals surface area contributed by atoms with Crippen molar-refractivity contribution in [1.29, 1.82) is 0 Å². The summed E-state index contributed by atoms with van der Waals surface area (Å²) in [6.07, 6.45) is 2.20. The molecule has 0 aliphatic carbocycles. The number of methoxy groups -OCH3 is 1. The first-order valence-corrected chi connectivity index (χ1v) is 4.50. The number of esters is 2. The summed E-state index contributed by atoms with van der Waals surface area (Å²) in [7, 11) is 1.34. The fourth-order valence-corrected chi connectivity index (χ4v) is 0.859. The van der Waals surface area contributed by atoms with Gasteiger partial charge in [0.25, 0.3) is 0 Å². The first-order chi connectivity index (χ1) is 6.60. The summed E-state index contributed by atoms with van der Waals surface area (Å²) in [5.74, 6) is -0.642. The number of ether oxygens (including phenoxy) is 2. The Labute approximate surface area is 83.9 Å². The van der Waals surface area contributed by atoms with Gasteiger partial charge in [-0.1, -0.05) is 5.57 Å². The Morgan fingerprint density at radius 1 is 1.29 bits per heavy atom. The average molecular weight is 200 g/mol. The van der Waals surface area contributed by atoms with E-state index in [-0.39, 0.29) is 18.4 Å². The van der Waals surface area contributed by atoms with Crippen molar-refractivity contribution >= 4 is 11.9 Å². The molecular weight excluding hydrogens is 184 g/mol. The summed E-state index contributed by atoms with van der Waals surface area (Å²) in [6.45, 7) is 3.88. The van der Waals surface area contributed by atoms with Crippen LogP contribution in [-0.2, 0) is 19.1 Å². The molecule has 0 spiro atoms. The molecule has 0 aromatic heterocycles. The molecule has 0 unspecified atom stereocenters. The van der Waals surface area contributed by atoms with E-state index in [1.165, 1.54) is 13.2 Å². The Morgan fingerprint density at radius 3 is 2.43 bits per heavy atom. The summed E-state index contributed by atoms with van der Waals surface area (Å²) >= 11 is 0. The maximum Gasteiger partial charge on any atom is 0.330 e. The minimum Gasteiger partial charge on any atom is -0.469 e. The third-order valence-corrected chi connectivity index (χ3v) is 1.60. The van der Waals surface area contributed by atoms with Crippen LogP contribution in [0.25, 0.3) is 0 Å².